The van der Waals surface area contributed by atoms with Gasteiger partial charge in [-0.2, -0.15) is 0 Å². The molecule has 0 bridgehead atoms. The summed E-state index contributed by atoms with van der Waals surface area (Å²) in [6.07, 6.45) is 0. The third kappa shape index (κ3) is 3.88. The summed E-state index contributed by atoms with van der Waals surface area (Å²) >= 11 is 1.60. The van der Waals surface area contributed by atoms with Gasteiger partial charge in [-0.3, -0.25) is 4.79 Å². The molecule has 0 saturated heterocycles. The maximum absolute atomic E-state index is 12.5. The highest BCUT2D eigenvalue weighted by molar-refractivity contribution is 7.98. The summed E-state index contributed by atoms with van der Waals surface area (Å²) in [5, 5.41) is 3.88. The number of thioether (sulfide) groups is 1. The molecular formula is C16H20N2O2S. The Morgan fingerprint density at radius 2 is 2.00 bits per heavy atom. The van der Waals surface area contributed by atoms with Crippen molar-refractivity contribution in [3.63, 3.8) is 0 Å². The molecule has 0 aliphatic rings. The highest BCUT2D eigenvalue weighted by atomic mass is 32.2. The van der Waals surface area contributed by atoms with Gasteiger partial charge in [-0.1, -0.05) is 17.3 Å². The number of amides is 1. The molecule has 0 fully saturated rings. The number of aryl methyl sites for hydroxylation is 1. The van der Waals surface area contributed by atoms with Gasteiger partial charge in [0.2, 0.25) is 0 Å². The molecule has 0 atom stereocenters. The lowest BCUT2D eigenvalue weighted by Crippen LogP contribution is -2.30. The number of rotatable bonds is 6. The molecule has 0 aliphatic heterocycles. The lowest BCUT2D eigenvalue weighted by Gasteiger charge is -2.20. The Morgan fingerprint density at radius 1 is 1.29 bits per heavy atom. The number of carbonyl (C=O) groups is 1. The zero-order valence-corrected chi connectivity index (χ0v) is 13.4. The van der Waals surface area contributed by atoms with Gasteiger partial charge in [-0.25, -0.2) is 0 Å². The van der Waals surface area contributed by atoms with Crippen LogP contribution in [0, 0.1) is 6.92 Å². The Hall–Kier alpha value is -1.75. The molecule has 21 heavy (non-hydrogen) atoms. The van der Waals surface area contributed by atoms with Crippen LogP contribution < -0.4 is 0 Å². The SMILES string of the molecule is CCN(CC)C(=O)c1ccccc1SCc1cc(C)no1. The van der Waals surface area contributed by atoms with Crippen molar-refractivity contribution in [2.45, 2.75) is 31.4 Å². The van der Waals surface area contributed by atoms with Crippen molar-refractivity contribution in [1.82, 2.24) is 10.1 Å². The lowest BCUT2D eigenvalue weighted by atomic mass is 10.2. The standard InChI is InChI=1S/C16H20N2O2S/c1-4-18(5-2)16(19)14-8-6-7-9-15(14)21-11-13-10-12(3)17-20-13/h6-10H,4-5,11H2,1-3H3. The van der Waals surface area contributed by atoms with E-state index in [2.05, 4.69) is 5.16 Å². The third-order valence-corrected chi connectivity index (χ3v) is 4.31. The Kier molecular flexibility index (Phi) is 5.44. The predicted molar refractivity (Wildman–Crippen MR) is 84.5 cm³/mol. The fraction of sp³-hybridized carbons (Fsp3) is 0.375. The molecule has 1 aromatic heterocycles. The normalized spacial score (nSPS) is 10.6. The van der Waals surface area contributed by atoms with Crippen molar-refractivity contribution >= 4 is 17.7 Å². The first-order valence-electron chi connectivity index (χ1n) is 7.09. The molecule has 0 saturated carbocycles. The summed E-state index contributed by atoms with van der Waals surface area (Å²) in [5.74, 6) is 1.57. The molecule has 1 amide bonds. The summed E-state index contributed by atoms with van der Waals surface area (Å²) in [6, 6.07) is 9.63. The van der Waals surface area contributed by atoms with Gasteiger partial charge in [0.05, 0.1) is 17.0 Å². The Balaban J connectivity index is 2.14. The quantitative estimate of drug-likeness (QED) is 0.762. The molecule has 5 heteroatoms. The maximum Gasteiger partial charge on any atom is 0.254 e. The minimum absolute atomic E-state index is 0.0804. The molecule has 2 aromatic rings. The summed E-state index contributed by atoms with van der Waals surface area (Å²) in [7, 11) is 0. The van der Waals surface area contributed by atoms with Gasteiger partial charge >= 0.3 is 0 Å². The summed E-state index contributed by atoms with van der Waals surface area (Å²) in [4.78, 5) is 15.3. The van der Waals surface area contributed by atoms with Gasteiger partial charge < -0.3 is 9.42 Å². The van der Waals surface area contributed by atoms with Gasteiger partial charge in [0, 0.05) is 24.1 Å². The predicted octanol–water partition coefficient (Wildman–Crippen LogP) is 3.76. The minimum Gasteiger partial charge on any atom is -0.360 e. The van der Waals surface area contributed by atoms with Gasteiger partial charge in [0.25, 0.3) is 5.91 Å². The van der Waals surface area contributed by atoms with E-state index in [9.17, 15) is 4.79 Å². The molecule has 112 valence electrons. The second-order valence-electron chi connectivity index (χ2n) is 4.70. The van der Waals surface area contributed by atoms with Crippen molar-refractivity contribution in [3.05, 3.63) is 47.3 Å². The highest BCUT2D eigenvalue weighted by Crippen LogP contribution is 2.27. The molecular weight excluding hydrogens is 284 g/mol. The molecule has 0 radical (unpaired) electrons. The molecule has 0 N–H and O–H groups in total. The van der Waals surface area contributed by atoms with Crippen molar-refractivity contribution < 1.29 is 9.32 Å². The van der Waals surface area contributed by atoms with Gasteiger partial charge in [0.15, 0.2) is 0 Å². The van der Waals surface area contributed by atoms with Crippen LogP contribution in [0.1, 0.15) is 35.7 Å². The Morgan fingerprint density at radius 3 is 2.62 bits per heavy atom. The van der Waals surface area contributed by atoms with E-state index < -0.39 is 0 Å². The van der Waals surface area contributed by atoms with Crippen LogP contribution in [0.2, 0.25) is 0 Å². The zero-order chi connectivity index (χ0) is 15.2. The fourth-order valence-corrected chi connectivity index (χ4v) is 3.00. The Labute approximate surface area is 129 Å². The van der Waals surface area contributed by atoms with E-state index in [1.807, 2.05) is 56.0 Å². The largest absolute Gasteiger partial charge is 0.360 e. The Bertz CT molecular complexity index is 606. The minimum atomic E-state index is 0.0804. The molecule has 1 heterocycles. The lowest BCUT2D eigenvalue weighted by molar-refractivity contribution is 0.0769. The van der Waals surface area contributed by atoms with Crippen LogP contribution in [0.3, 0.4) is 0 Å². The van der Waals surface area contributed by atoms with Crippen LogP contribution in [-0.4, -0.2) is 29.1 Å². The topological polar surface area (TPSA) is 46.3 Å². The van der Waals surface area contributed by atoms with Crippen molar-refractivity contribution in [1.29, 1.82) is 0 Å². The van der Waals surface area contributed by atoms with Crippen LogP contribution in [0.25, 0.3) is 0 Å². The van der Waals surface area contributed by atoms with Gasteiger partial charge in [-0.15, -0.1) is 11.8 Å². The number of hydrogen-bond donors (Lipinski definition) is 0. The molecule has 4 nitrogen and oxygen atoms in total. The van der Waals surface area contributed by atoms with Crippen molar-refractivity contribution in [2.24, 2.45) is 0 Å². The van der Waals surface area contributed by atoms with E-state index in [1.54, 1.807) is 11.8 Å². The van der Waals surface area contributed by atoms with Gasteiger partial charge in [0.1, 0.15) is 5.76 Å². The molecule has 1 aromatic carbocycles. The van der Waals surface area contributed by atoms with Crippen molar-refractivity contribution in [3.8, 4) is 0 Å². The second-order valence-corrected chi connectivity index (χ2v) is 5.71. The molecule has 0 spiro atoms. The number of nitrogens with zero attached hydrogens (tertiary/aromatic N) is 2. The summed E-state index contributed by atoms with van der Waals surface area (Å²) in [5.41, 5.74) is 1.63. The van der Waals surface area contributed by atoms with Gasteiger partial charge in [-0.05, 0) is 32.9 Å². The number of aromatic nitrogens is 1. The molecule has 0 aliphatic carbocycles. The maximum atomic E-state index is 12.5. The molecule has 0 unspecified atom stereocenters. The first-order valence-corrected chi connectivity index (χ1v) is 8.07. The number of carbonyl (C=O) groups excluding carboxylic acids is 1. The highest BCUT2D eigenvalue weighted by Gasteiger charge is 2.16. The summed E-state index contributed by atoms with van der Waals surface area (Å²) in [6.45, 7) is 7.32. The number of benzene rings is 1. The number of hydrogen-bond acceptors (Lipinski definition) is 4. The van der Waals surface area contributed by atoms with E-state index in [0.29, 0.717) is 5.75 Å². The average molecular weight is 304 g/mol. The fourth-order valence-electron chi connectivity index (χ4n) is 2.08. The smallest absolute Gasteiger partial charge is 0.254 e. The zero-order valence-electron chi connectivity index (χ0n) is 12.6. The van der Waals surface area contributed by atoms with E-state index in [4.69, 9.17) is 4.52 Å². The van der Waals surface area contributed by atoms with E-state index in [0.717, 1.165) is 35.0 Å². The van der Waals surface area contributed by atoms with Crippen molar-refractivity contribution in [2.75, 3.05) is 13.1 Å². The summed E-state index contributed by atoms with van der Waals surface area (Å²) < 4.78 is 5.21. The first kappa shape index (κ1) is 15.6. The van der Waals surface area contributed by atoms with Crippen LogP contribution >= 0.6 is 11.8 Å². The van der Waals surface area contributed by atoms with E-state index in [-0.39, 0.29) is 5.91 Å². The van der Waals surface area contributed by atoms with Crippen LogP contribution in [-0.2, 0) is 5.75 Å². The van der Waals surface area contributed by atoms with Crippen LogP contribution in [0.15, 0.2) is 39.8 Å². The monoisotopic (exact) mass is 304 g/mol. The van der Waals surface area contributed by atoms with Crippen LogP contribution in [0.4, 0.5) is 0 Å². The molecule has 2 rings (SSSR count). The van der Waals surface area contributed by atoms with Crippen LogP contribution in [0.5, 0.6) is 0 Å². The first-order chi connectivity index (χ1) is 10.2. The average Bonchev–Trinajstić information content (AvgIpc) is 2.92. The van der Waals surface area contributed by atoms with E-state index >= 15 is 0 Å². The second kappa shape index (κ2) is 7.31. The van der Waals surface area contributed by atoms with E-state index in [1.165, 1.54) is 0 Å². The third-order valence-electron chi connectivity index (χ3n) is 3.21.